The Morgan fingerprint density at radius 2 is 1.77 bits per heavy atom. The summed E-state index contributed by atoms with van der Waals surface area (Å²) < 4.78 is 55.8. The lowest BCUT2D eigenvalue weighted by atomic mass is 9.95. The number of alkyl halides is 3. The quantitative estimate of drug-likeness (QED) is 0.550. The van der Waals surface area contributed by atoms with Gasteiger partial charge in [-0.15, -0.1) is 0 Å². The van der Waals surface area contributed by atoms with Gasteiger partial charge in [-0.25, -0.2) is 4.79 Å². The van der Waals surface area contributed by atoms with Gasteiger partial charge in [-0.2, -0.15) is 13.2 Å². The minimum atomic E-state index is -4.50. The largest absolute Gasteiger partial charge is 0.490 e. The van der Waals surface area contributed by atoms with Gasteiger partial charge in [-0.05, 0) is 76.1 Å². The number of rotatable bonds is 4. The number of carbonyl (C=O) groups is 3. The second-order valence-electron chi connectivity index (χ2n) is 10.8. The molecule has 9 nitrogen and oxygen atoms in total. The van der Waals surface area contributed by atoms with Crippen LogP contribution < -0.4 is 15.4 Å². The molecular weight excluding hydrogens is 531 g/mol. The highest BCUT2D eigenvalue weighted by Gasteiger charge is 2.39. The first kappa shape index (κ1) is 29.2. The van der Waals surface area contributed by atoms with Crippen molar-refractivity contribution in [2.45, 2.75) is 63.6 Å². The predicted molar refractivity (Wildman–Crippen MR) is 139 cm³/mol. The van der Waals surface area contributed by atoms with Gasteiger partial charge in [0.15, 0.2) is 0 Å². The van der Waals surface area contributed by atoms with Gasteiger partial charge in [-0.3, -0.25) is 9.59 Å². The second kappa shape index (κ2) is 11.4. The highest BCUT2D eigenvalue weighted by Crippen LogP contribution is 2.32. The van der Waals surface area contributed by atoms with Gasteiger partial charge in [0.2, 0.25) is 0 Å². The molecule has 2 aliphatic heterocycles. The van der Waals surface area contributed by atoms with Gasteiger partial charge < -0.3 is 29.7 Å². The van der Waals surface area contributed by atoms with Gasteiger partial charge in [0.05, 0.1) is 23.3 Å². The van der Waals surface area contributed by atoms with E-state index in [9.17, 15) is 27.6 Å². The number of alkyl carbamates (subject to hydrolysis) is 1. The van der Waals surface area contributed by atoms with Crippen LogP contribution in [0.1, 0.15) is 59.9 Å². The summed E-state index contributed by atoms with van der Waals surface area (Å²) in [6, 6.07) is 8.15. The van der Waals surface area contributed by atoms with E-state index in [0.29, 0.717) is 24.3 Å². The Bertz CT molecular complexity index is 1260. The van der Waals surface area contributed by atoms with E-state index in [1.165, 1.54) is 6.07 Å². The summed E-state index contributed by atoms with van der Waals surface area (Å²) in [7, 11) is 1.67. The maximum Gasteiger partial charge on any atom is 0.416 e. The molecule has 0 aromatic heterocycles. The minimum absolute atomic E-state index is 0.0392. The Balaban J connectivity index is 1.42. The molecule has 3 amide bonds. The summed E-state index contributed by atoms with van der Waals surface area (Å²) in [4.78, 5) is 39.6. The molecule has 1 fully saturated rings. The highest BCUT2D eigenvalue weighted by atomic mass is 19.4. The van der Waals surface area contributed by atoms with Crippen molar-refractivity contribution in [2.75, 3.05) is 25.5 Å². The van der Waals surface area contributed by atoms with Crippen molar-refractivity contribution < 1.29 is 41.8 Å². The van der Waals surface area contributed by atoms with Crippen molar-refractivity contribution in [3.05, 3.63) is 59.2 Å². The van der Waals surface area contributed by atoms with Gasteiger partial charge in [-0.1, -0.05) is 0 Å². The number of hydrogen-bond acceptors (Lipinski definition) is 6. The van der Waals surface area contributed by atoms with Crippen LogP contribution in [0.4, 0.5) is 23.7 Å². The molecule has 0 spiro atoms. The number of hydrogen-bond donors (Lipinski definition) is 2. The molecule has 0 saturated carbocycles. The smallest absolute Gasteiger partial charge is 0.416 e. The van der Waals surface area contributed by atoms with Crippen LogP contribution in [0.25, 0.3) is 0 Å². The van der Waals surface area contributed by atoms with Crippen LogP contribution in [0, 0.1) is 0 Å². The van der Waals surface area contributed by atoms with Gasteiger partial charge >= 0.3 is 12.3 Å². The fraction of sp³-hybridized carbons (Fsp3) is 0.464. The van der Waals surface area contributed by atoms with Crippen LogP contribution in [-0.4, -0.2) is 66.9 Å². The van der Waals surface area contributed by atoms with Crippen molar-refractivity contribution in [1.82, 2.24) is 10.2 Å². The summed E-state index contributed by atoms with van der Waals surface area (Å²) in [5.74, 6) is -0.641. The molecule has 12 heteroatoms. The third-order valence-corrected chi connectivity index (χ3v) is 6.62. The summed E-state index contributed by atoms with van der Waals surface area (Å²) in [5.41, 5.74) is -0.903. The number of benzene rings is 2. The molecule has 2 aromatic carbocycles. The number of fused-ring (bicyclic) bond motifs is 2. The Labute approximate surface area is 229 Å². The standard InChI is InChI=1S/C28H32F3N3O6/c1-27(2,3)40-26(37)32-14-19-10-11-21-23(39-19)15-38-22-12-9-18(13-20(22)25(36)34(21)4)33-24(35)16-5-7-17(8-6-16)28(29,30)31/h5-9,12-13,19,21,23H,10-11,14-15H2,1-4H3,(H,32,37)(H,33,35)/t19-,21-,23-/m0/s1. The molecular formula is C28H32F3N3O6. The number of amides is 3. The highest BCUT2D eigenvalue weighted by molar-refractivity contribution is 6.05. The molecule has 0 aliphatic carbocycles. The summed E-state index contributed by atoms with van der Waals surface area (Å²) in [5, 5.41) is 5.34. The number of carbonyl (C=O) groups excluding carboxylic acids is 3. The zero-order valence-electron chi connectivity index (χ0n) is 22.6. The Morgan fingerprint density at radius 3 is 2.42 bits per heavy atom. The lowest BCUT2D eigenvalue weighted by Crippen LogP contribution is -2.55. The predicted octanol–water partition coefficient (Wildman–Crippen LogP) is 4.86. The monoisotopic (exact) mass is 563 g/mol. The summed E-state index contributed by atoms with van der Waals surface area (Å²) in [6.07, 6.45) is -4.52. The van der Waals surface area contributed by atoms with E-state index >= 15 is 0 Å². The van der Waals surface area contributed by atoms with Crippen molar-refractivity contribution in [3.8, 4) is 5.75 Å². The number of halogens is 3. The van der Waals surface area contributed by atoms with E-state index in [1.807, 2.05) is 0 Å². The number of nitrogens with one attached hydrogen (secondary N) is 2. The fourth-order valence-electron chi connectivity index (χ4n) is 4.63. The van der Waals surface area contributed by atoms with Crippen LogP contribution in [0.5, 0.6) is 5.75 Å². The molecule has 4 rings (SSSR count). The molecule has 0 unspecified atom stereocenters. The Kier molecular flexibility index (Phi) is 8.29. The topological polar surface area (TPSA) is 106 Å². The number of nitrogens with zero attached hydrogens (tertiary/aromatic N) is 1. The third kappa shape index (κ3) is 7.04. The first-order chi connectivity index (χ1) is 18.7. The van der Waals surface area contributed by atoms with E-state index in [2.05, 4.69) is 10.6 Å². The average molecular weight is 564 g/mol. The molecule has 2 aromatic rings. The fourth-order valence-corrected chi connectivity index (χ4v) is 4.63. The Hall–Kier alpha value is -3.80. The molecule has 3 atom stereocenters. The molecule has 2 aliphatic rings. The van der Waals surface area contributed by atoms with Crippen molar-refractivity contribution >= 4 is 23.6 Å². The van der Waals surface area contributed by atoms with Crippen molar-refractivity contribution in [2.24, 2.45) is 0 Å². The zero-order valence-corrected chi connectivity index (χ0v) is 22.6. The SMILES string of the molecule is CN1C(=O)c2cc(NC(=O)c3ccc(C(F)(F)F)cc3)ccc2OC[C@@H]2O[C@H](CNC(=O)OC(C)(C)C)CC[C@@H]21. The molecule has 216 valence electrons. The van der Waals surface area contributed by atoms with E-state index < -0.39 is 35.4 Å². The molecule has 0 radical (unpaired) electrons. The Morgan fingerprint density at radius 1 is 1.07 bits per heavy atom. The van der Waals surface area contributed by atoms with E-state index in [1.54, 1.807) is 44.9 Å². The van der Waals surface area contributed by atoms with E-state index in [4.69, 9.17) is 14.2 Å². The summed E-state index contributed by atoms with van der Waals surface area (Å²) >= 11 is 0. The van der Waals surface area contributed by atoms with E-state index in [0.717, 1.165) is 24.3 Å². The number of ether oxygens (including phenoxy) is 3. The van der Waals surface area contributed by atoms with Crippen molar-refractivity contribution in [3.63, 3.8) is 0 Å². The molecule has 1 saturated heterocycles. The van der Waals surface area contributed by atoms with Crippen LogP contribution >= 0.6 is 0 Å². The third-order valence-electron chi connectivity index (χ3n) is 6.62. The maximum atomic E-state index is 13.4. The number of likely N-dealkylation sites (N-methyl/N-ethyl adjacent to an activating group) is 1. The maximum absolute atomic E-state index is 13.4. The molecule has 40 heavy (non-hydrogen) atoms. The zero-order chi connectivity index (χ0) is 29.2. The van der Waals surface area contributed by atoms with Gasteiger partial charge in [0, 0.05) is 24.8 Å². The lowest BCUT2D eigenvalue weighted by Gasteiger charge is -2.42. The average Bonchev–Trinajstić information content (AvgIpc) is 2.88. The first-order valence-electron chi connectivity index (χ1n) is 12.9. The molecule has 0 bridgehead atoms. The van der Waals surface area contributed by atoms with Crippen LogP contribution in [0.15, 0.2) is 42.5 Å². The summed E-state index contributed by atoms with van der Waals surface area (Å²) in [6.45, 7) is 5.76. The van der Waals surface area contributed by atoms with Gasteiger partial charge in [0.25, 0.3) is 11.8 Å². The van der Waals surface area contributed by atoms with Crippen molar-refractivity contribution in [1.29, 1.82) is 0 Å². The molecule has 2 heterocycles. The first-order valence-corrected chi connectivity index (χ1v) is 12.9. The van der Waals surface area contributed by atoms with E-state index in [-0.39, 0.29) is 42.3 Å². The van der Waals surface area contributed by atoms with Crippen LogP contribution in [0.3, 0.4) is 0 Å². The van der Waals surface area contributed by atoms with Crippen LogP contribution in [0.2, 0.25) is 0 Å². The van der Waals surface area contributed by atoms with Crippen LogP contribution in [-0.2, 0) is 15.7 Å². The lowest BCUT2D eigenvalue weighted by molar-refractivity contribution is -0.137. The minimum Gasteiger partial charge on any atom is -0.490 e. The van der Waals surface area contributed by atoms with Gasteiger partial charge in [0.1, 0.15) is 24.1 Å². The normalized spacial score (nSPS) is 21.2. The number of anilines is 1. The molecule has 2 N–H and O–H groups in total. The second-order valence-corrected chi connectivity index (χ2v) is 10.8.